The highest BCUT2D eigenvalue weighted by Crippen LogP contribution is 2.32. The Labute approximate surface area is 139 Å². The van der Waals surface area contributed by atoms with Crippen molar-refractivity contribution in [1.82, 2.24) is 4.90 Å². The smallest absolute Gasteiger partial charge is 0.311 e. The van der Waals surface area contributed by atoms with E-state index < -0.39 is 16.8 Å². The van der Waals surface area contributed by atoms with E-state index in [0.29, 0.717) is 0 Å². The second kappa shape index (κ2) is 7.29. The number of nitrogens with zero attached hydrogens (tertiary/aromatic N) is 2. The number of methoxy groups -OCH3 is 2. The molecule has 0 heterocycles. The molecule has 0 spiro atoms. The topological polar surface area (TPSA) is 99.0 Å². The number of nitro groups is 1. The maximum Gasteiger partial charge on any atom is 0.311 e. The first-order chi connectivity index (χ1) is 11.4. The van der Waals surface area contributed by atoms with Crippen LogP contribution in [0.2, 0.25) is 0 Å². The van der Waals surface area contributed by atoms with Crippen molar-refractivity contribution < 1.29 is 24.0 Å². The summed E-state index contributed by atoms with van der Waals surface area (Å²) >= 11 is 0. The fraction of sp³-hybridized carbons (Fsp3) is 0.500. The number of rotatable bonds is 7. The van der Waals surface area contributed by atoms with Gasteiger partial charge in [-0.25, -0.2) is 0 Å². The van der Waals surface area contributed by atoms with Gasteiger partial charge in [0, 0.05) is 24.2 Å². The molecule has 1 amide bonds. The molecule has 1 aliphatic carbocycles. The van der Waals surface area contributed by atoms with Gasteiger partial charge in [0.2, 0.25) is 0 Å². The third-order valence-electron chi connectivity index (χ3n) is 3.95. The minimum absolute atomic E-state index is 0.0609. The maximum atomic E-state index is 12.8. The van der Waals surface area contributed by atoms with E-state index in [0.717, 1.165) is 12.8 Å². The molecule has 1 aromatic carbocycles. The normalized spacial score (nSPS) is 14.6. The largest absolute Gasteiger partial charge is 0.490 e. The van der Waals surface area contributed by atoms with Crippen molar-refractivity contribution in [3.8, 4) is 5.75 Å². The third kappa shape index (κ3) is 3.81. The predicted molar refractivity (Wildman–Crippen MR) is 84.9 cm³/mol. The Hall–Kier alpha value is -2.64. The predicted octanol–water partition coefficient (Wildman–Crippen LogP) is 2.02. The molecule has 2 rings (SSSR count). The van der Waals surface area contributed by atoms with Crippen molar-refractivity contribution in [3.63, 3.8) is 0 Å². The van der Waals surface area contributed by atoms with Crippen molar-refractivity contribution in [2.24, 2.45) is 5.92 Å². The monoisotopic (exact) mass is 336 g/mol. The van der Waals surface area contributed by atoms with Crippen LogP contribution in [-0.2, 0) is 9.53 Å². The zero-order chi connectivity index (χ0) is 17.9. The summed E-state index contributed by atoms with van der Waals surface area (Å²) in [6, 6.07) is 4.16. The van der Waals surface area contributed by atoms with Crippen LogP contribution in [0.5, 0.6) is 5.75 Å². The standard InChI is InChI=1S/C16H20N2O6/c1-10(16(20)24-3)9-17(12-5-6-12)15(19)11-4-7-14(23-2)13(8-11)18(21)22/h4,7-8,10,12H,5-6,9H2,1-3H3. The van der Waals surface area contributed by atoms with Gasteiger partial charge in [0.25, 0.3) is 5.91 Å². The van der Waals surface area contributed by atoms with E-state index in [4.69, 9.17) is 9.47 Å². The molecule has 24 heavy (non-hydrogen) atoms. The second-order valence-corrected chi connectivity index (χ2v) is 5.76. The van der Waals surface area contributed by atoms with Crippen LogP contribution < -0.4 is 4.74 Å². The van der Waals surface area contributed by atoms with E-state index in [9.17, 15) is 19.7 Å². The average Bonchev–Trinajstić information content (AvgIpc) is 3.42. The van der Waals surface area contributed by atoms with Gasteiger partial charge in [0.05, 0.1) is 25.1 Å². The number of carbonyl (C=O) groups excluding carboxylic acids is 2. The molecule has 1 atom stereocenters. The number of nitro benzene ring substituents is 1. The highest BCUT2D eigenvalue weighted by atomic mass is 16.6. The van der Waals surface area contributed by atoms with Crippen molar-refractivity contribution in [2.75, 3.05) is 20.8 Å². The van der Waals surface area contributed by atoms with Crippen LogP contribution in [0, 0.1) is 16.0 Å². The number of hydrogen-bond acceptors (Lipinski definition) is 6. The molecule has 8 heteroatoms. The first kappa shape index (κ1) is 17.7. The number of hydrogen-bond donors (Lipinski definition) is 0. The molecule has 8 nitrogen and oxygen atoms in total. The van der Waals surface area contributed by atoms with Crippen LogP contribution in [0.4, 0.5) is 5.69 Å². The lowest BCUT2D eigenvalue weighted by Gasteiger charge is -2.25. The summed E-state index contributed by atoms with van der Waals surface area (Å²) in [6.07, 6.45) is 1.72. The quantitative estimate of drug-likeness (QED) is 0.429. The number of carbonyl (C=O) groups is 2. The molecule has 1 fully saturated rings. The van der Waals surface area contributed by atoms with Gasteiger partial charge in [0.15, 0.2) is 5.75 Å². The SMILES string of the molecule is COC(=O)C(C)CN(C(=O)c1ccc(OC)c([N+](=O)[O-])c1)C1CC1. The Balaban J connectivity index is 2.25. The number of ether oxygens (including phenoxy) is 2. The highest BCUT2D eigenvalue weighted by molar-refractivity contribution is 5.96. The lowest BCUT2D eigenvalue weighted by molar-refractivity contribution is -0.385. The Morgan fingerprint density at radius 1 is 1.38 bits per heavy atom. The highest BCUT2D eigenvalue weighted by Gasteiger charge is 2.35. The Morgan fingerprint density at radius 3 is 2.54 bits per heavy atom. The fourth-order valence-electron chi connectivity index (χ4n) is 2.49. The average molecular weight is 336 g/mol. The van der Waals surface area contributed by atoms with Crippen LogP contribution in [0.3, 0.4) is 0 Å². The van der Waals surface area contributed by atoms with E-state index in [1.165, 1.54) is 32.4 Å². The molecule has 1 aliphatic rings. The molecular formula is C16H20N2O6. The van der Waals surface area contributed by atoms with E-state index >= 15 is 0 Å². The zero-order valence-electron chi connectivity index (χ0n) is 13.9. The van der Waals surface area contributed by atoms with Gasteiger partial charge in [-0.3, -0.25) is 19.7 Å². The first-order valence-corrected chi connectivity index (χ1v) is 7.60. The van der Waals surface area contributed by atoms with Gasteiger partial charge in [-0.2, -0.15) is 0 Å². The van der Waals surface area contributed by atoms with Crippen molar-refractivity contribution in [3.05, 3.63) is 33.9 Å². The summed E-state index contributed by atoms with van der Waals surface area (Å²) in [5.41, 5.74) is -0.0634. The summed E-state index contributed by atoms with van der Waals surface area (Å²) in [5.74, 6) is -1.10. The van der Waals surface area contributed by atoms with Crippen LogP contribution >= 0.6 is 0 Å². The Bertz CT molecular complexity index is 656. The van der Waals surface area contributed by atoms with Crippen LogP contribution in [-0.4, -0.2) is 48.5 Å². The fourth-order valence-corrected chi connectivity index (χ4v) is 2.49. The number of amides is 1. The molecule has 0 radical (unpaired) electrons. The van der Waals surface area contributed by atoms with Crippen LogP contribution in [0.1, 0.15) is 30.1 Å². The molecule has 0 aromatic heterocycles. The lowest BCUT2D eigenvalue weighted by Crippen LogP contribution is -2.38. The van der Waals surface area contributed by atoms with E-state index in [1.807, 2.05) is 0 Å². The first-order valence-electron chi connectivity index (χ1n) is 7.60. The molecule has 1 saturated carbocycles. The van der Waals surface area contributed by atoms with Crippen molar-refractivity contribution in [2.45, 2.75) is 25.8 Å². The summed E-state index contributed by atoms with van der Waals surface area (Å²) < 4.78 is 9.64. The minimum atomic E-state index is -0.589. The molecule has 1 unspecified atom stereocenters. The van der Waals surface area contributed by atoms with Crippen molar-refractivity contribution >= 4 is 17.6 Å². The molecule has 1 aromatic rings. The summed E-state index contributed by atoms with van der Waals surface area (Å²) in [7, 11) is 2.63. The molecule has 0 aliphatic heterocycles. The second-order valence-electron chi connectivity index (χ2n) is 5.76. The zero-order valence-corrected chi connectivity index (χ0v) is 13.9. The summed E-state index contributed by atoms with van der Waals surface area (Å²) in [5, 5.41) is 11.1. The van der Waals surface area contributed by atoms with Gasteiger partial charge in [-0.1, -0.05) is 6.92 Å². The molecule has 130 valence electrons. The summed E-state index contributed by atoms with van der Waals surface area (Å²) in [6.45, 7) is 1.90. The molecular weight excluding hydrogens is 316 g/mol. The van der Waals surface area contributed by atoms with Gasteiger partial charge < -0.3 is 14.4 Å². The third-order valence-corrected chi connectivity index (χ3v) is 3.95. The molecule has 0 saturated heterocycles. The van der Waals surface area contributed by atoms with Crippen LogP contribution in [0.25, 0.3) is 0 Å². The minimum Gasteiger partial charge on any atom is -0.490 e. The number of esters is 1. The van der Waals surface area contributed by atoms with Gasteiger partial charge in [0.1, 0.15) is 0 Å². The van der Waals surface area contributed by atoms with E-state index in [-0.39, 0.29) is 35.5 Å². The van der Waals surface area contributed by atoms with Gasteiger partial charge in [-0.05, 0) is 25.0 Å². The van der Waals surface area contributed by atoms with Gasteiger partial charge in [-0.15, -0.1) is 0 Å². The summed E-state index contributed by atoms with van der Waals surface area (Å²) in [4.78, 5) is 36.5. The van der Waals surface area contributed by atoms with Crippen molar-refractivity contribution in [1.29, 1.82) is 0 Å². The Kier molecular flexibility index (Phi) is 5.38. The van der Waals surface area contributed by atoms with E-state index in [1.54, 1.807) is 11.8 Å². The number of benzene rings is 1. The maximum absolute atomic E-state index is 12.8. The van der Waals surface area contributed by atoms with E-state index in [2.05, 4.69) is 0 Å². The lowest BCUT2D eigenvalue weighted by atomic mass is 10.1. The molecule has 0 N–H and O–H groups in total. The molecule has 0 bridgehead atoms. The van der Waals surface area contributed by atoms with Crippen LogP contribution in [0.15, 0.2) is 18.2 Å². The Morgan fingerprint density at radius 2 is 2.04 bits per heavy atom. The van der Waals surface area contributed by atoms with Gasteiger partial charge >= 0.3 is 11.7 Å².